The van der Waals surface area contributed by atoms with Gasteiger partial charge in [0, 0.05) is 18.7 Å². The smallest absolute Gasteiger partial charge is 0.325 e. The molecule has 4 amide bonds. The first-order valence-corrected chi connectivity index (χ1v) is 9.84. The summed E-state index contributed by atoms with van der Waals surface area (Å²) < 4.78 is 19.1. The Bertz CT molecular complexity index is 1020. The Morgan fingerprint density at radius 1 is 1.10 bits per heavy atom. The highest BCUT2D eigenvalue weighted by Crippen LogP contribution is 2.37. The lowest BCUT2D eigenvalue weighted by atomic mass is 9.87. The number of carbonyl (C=O) groups excluding carboxylic acids is 3. The molecule has 4 rings (SSSR count). The lowest BCUT2D eigenvalue weighted by Crippen LogP contribution is -2.54. The first-order valence-electron chi connectivity index (χ1n) is 9.84. The number of likely N-dealkylation sites (N-methyl/N-ethyl adjacent to an activating group) is 1. The fourth-order valence-corrected chi connectivity index (χ4v) is 4.26. The summed E-state index contributed by atoms with van der Waals surface area (Å²) in [5.41, 5.74) is 0.362. The molecule has 1 N–H and O–H groups in total. The second-order valence-corrected chi connectivity index (χ2v) is 7.28. The van der Waals surface area contributed by atoms with E-state index in [0.29, 0.717) is 23.5 Å². The third-order valence-electron chi connectivity index (χ3n) is 5.63. The summed E-state index contributed by atoms with van der Waals surface area (Å²) in [6.45, 7) is 4.65. The van der Waals surface area contributed by atoms with Gasteiger partial charge < -0.3 is 14.5 Å². The second-order valence-electron chi connectivity index (χ2n) is 7.28. The Balaban J connectivity index is 1.73. The summed E-state index contributed by atoms with van der Waals surface area (Å²) in [7, 11) is 0. The Labute approximate surface area is 173 Å². The van der Waals surface area contributed by atoms with Gasteiger partial charge in [0.2, 0.25) is 0 Å². The summed E-state index contributed by atoms with van der Waals surface area (Å²) in [5.74, 6) is -0.532. The summed E-state index contributed by atoms with van der Waals surface area (Å²) in [6, 6.07) is 10.2. The van der Waals surface area contributed by atoms with Crippen molar-refractivity contribution in [2.75, 3.05) is 19.7 Å². The largest absolute Gasteiger partial charge is 0.494 e. The SMILES string of the molecule is CCOc1ccc2c(c1)CN(C[C@]1(c3ccc(F)cc3)C(=O)NC(=O)N1CC)C2=O. The number of nitrogens with zero attached hydrogens (tertiary/aromatic N) is 2. The third-order valence-corrected chi connectivity index (χ3v) is 5.63. The molecule has 156 valence electrons. The minimum absolute atomic E-state index is 0.0402. The normalized spacial score (nSPS) is 20.6. The van der Waals surface area contributed by atoms with Gasteiger partial charge in [-0.2, -0.15) is 0 Å². The Hall–Kier alpha value is -3.42. The van der Waals surface area contributed by atoms with Gasteiger partial charge in [-0.15, -0.1) is 0 Å². The van der Waals surface area contributed by atoms with E-state index in [0.717, 1.165) is 5.56 Å². The Kier molecular flexibility index (Phi) is 4.93. The standard InChI is InChI=1S/C22H22FN3O4/c1-3-26-21(29)24-20(28)22(26,15-5-7-16(23)8-6-15)13-25-12-14-11-17(30-4-2)9-10-18(14)19(25)27/h5-11H,3-4,12-13H2,1-2H3,(H,24,28,29)/t22-/m0/s1. The number of nitrogens with one attached hydrogen (secondary N) is 1. The number of carbonyl (C=O) groups is 3. The highest BCUT2D eigenvalue weighted by atomic mass is 19.1. The van der Waals surface area contributed by atoms with E-state index in [1.807, 2.05) is 13.0 Å². The van der Waals surface area contributed by atoms with Crippen molar-refractivity contribution in [1.29, 1.82) is 0 Å². The van der Waals surface area contributed by atoms with E-state index in [9.17, 15) is 18.8 Å². The quantitative estimate of drug-likeness (QED) is 0.742. The highest BCUT2D eigenvalue weighted by molar-refractivity contribution is 6.08. The molecule has 30 heavy (non-hydrogen) atoms. The van der Waals surface area contributed by atoms with Crippen LogP contribution in [0.4, 0.5) is 9.18 Å². The number of rotatable bonds is 6. The van der Waals surface area contributed by atoms with E-state index in [1.54, 1.807) is 24.0 Å². The average molecular weight is 411 g/mol. The van der Waals surface area contributed by atoms with E-state index < -0.39 is 23.3 Å². The molecule has 0 aliphatic carbocycles. The fourth-order valence-electron chi connectivity index (χ4n) is 4.26. The van der Waals surface area contributed by atoms with Gasteiger partial charge in [0.15, 0.2) is 5.54 Å². The summed E-state index contributed by atoms with van der Waals surface area (Å²) in [6.07, 6.45) is 0. The van der Waals surface area contributed by atoms with Crippen molar-refractivity contribution in [1.82, 2.24) is 15.1 Å². The number of ether oxygens (including phenoxy) is 1. The van der Waals surface area contributed by atoms with E-state index >= 15 is 0 Å². The van der Waals surface area contributed by atoms with Crippen LogP contribution in [-0.2, 0) is 16.9 Å². The van der Waals surface area contributed by atoms with Crippen LogP contribution in [0.2, 0.25) is 0 Å². The van der Waals surface area contributed by atoms with Crippen molar-refractivity contribution in [2.24, 2.45) is 0 Å². The van der Waals surface area contributed by atoms with Crippen molar-refractivity contribution in [3.05, 3.63) is 65.0 Å². The molecule has 0 spiro atoms. The van der Waals surface area contributed by atoms with Crippen LogP contribution in [0.15, 0.2) is 42.5 Å². The van der Waals surface area contributed by atoms with E-state index in [-0.39, 0.29) is 25.5 Å². The van der Waals surface area contributed by atoms with E-state index in [1.165, 1.54) is 29.2 Å². The minimum Gasteiger partial charge on any atom is -0.494 e. The fraction of sp³-hybridized carbons (Fsp3) is 0.318. The zero-order valence-electron chi connectivity index (χ0n) is 16.8. The first kappa shape index (κ1) is 19.9. The maximum Gasteiger partial charge on any atom is 0.325 e. The number of urea groups is 1. The van der Waals surface area contributed by atoms with Gasteiger partial charge in [-0.25, -0.2) is 9.18 Å². The van der Waals surface area contributed by atoms with Crippen molar-refractivity contribution in [2.45, 2.75) is 25.9 Å². The maximum atomic E-state index is 13.5. The molecular weight excluding hydrogens is 389 g/mol. The molecule has 2 heterocycles. The van der Waals surface area contributed by atoms with Gasteiger partial charge in [-0.1, -0.05) is 12.1 Å². The number of amides is 4. The monoisotopic (exact) mass is 411 g/mol. The number of benzene rings is 2. The molecule has 0 saturated carbocycles. The van der Waals surface area contributed by atoms with Gasteiger partial charge in [-0.05, 0) is 55.3 Å². The first-order chi connectivity index (χ1) is 14.4. The van der Waals surface area contributed by atoms with Crippen LogP contribution < -0.4 is 10.1 Å². The molecule has 2 aliphatic rings. The Morgan fingerprint density at radius 3 is 2.50 bits per heavy atom. The molecule has 7 nitrogen and oxygen atoms in total. The van der Waals surface area contributed by atoms with Crippen LogP contribution >= 0.6 is 0 Å². The van der Waals surface area contributed by atoms with E-state index in [4.69, 9.17) is 4.74 Å². The summed E-state index contributed by atoms with van der Waals surface area (Å²) in [5, 5.41) is 2.35. The highest BCUT2D eigenvalue weighted by Gasteiger charge is 2.55. The van der Waals surface area contributed by atoms with E-state index in [2.05, 4.69) is 5.32 Å². The van der Waals surface area contributed by atoms with Crippen LogP contribution in [0.3, 0.4) is 0 Å². The van der Waals surface area contributed by atoms with Gasteiger partial charge in [0.1, 0.15) is 11.6 Å². The lowest BCUT2D eigenvalue weighted by Gasteiger charge is -2.38. The van der Waals surface area contributed by atoms with Crippen LogP contribution in [0, 0.1) is 5.82 Å². The molecule has 2 aromatic carbocycles. The van der Waals surface area contributed by atoms with Gasteiger partial charge in [0.25, 0.3) is 11.8 Å². The second kappa shape index (κ2) is 7.44. The number of halogens is 1. The zero-order chi connectivity index (χ0) is 21.5. The predicted octanol–water partition coefficient (Wildman–Crippen LogP) is 2.65. The molecule has 1 fully saturated rings. The topological polar surface area (TPSA) is 79.0 Å². The third kappa shape index (κ3) is 2.99. The van der Waals surface area contributed by atoms with Crippen molar-refractivity contribution in [3.63, 3.8) is 0 Å². The van der Waals surface area contributed by atoms with Crippen LogP contribution in [-0.4, -0.2) is 47.3 Å². The van der Waals surface area contributed by atoms with Crippen molar-refractivity contribution < 1.29 is 23.5 Å². The van der Waals surface area contributed by atoms with Gasteiger partial charge in [-0.3, -0.25) is 14.9 Å². The lowest BCUT2D eigenvalue weighted by molar-refractivity contribution is -0.127. The molecular formula is C22H22FN3O4. The molecule has 0 bridgehead atoms. The molecule has 1 atom stereocenters. The van der Waals surface area contributed by atoms with Crippen LogP contribution in [0.1, 0.15) is 35.3 Å². The molecule has 8 heteroatoms. The molecule has 0 unspecified atom stereocenters. The Morgan fingerprint density at radius 2 is 1.83 bits per heavy atom. The maximum absolute atomic E-state index is 13.5. The van der Waals surface area contributed by atoms with Crippen LogP contribution in [0.5, 0.6) is 5.75 Å². The van der Waals surface area contributed by atoms with Gasteiger partial charge >= 0.3 is 6.03 Å². The summed E-state index contributed by atoms with van der Waals surface area (Å²) >= 11 is 0. The predicted molar refractivity (Wildman–Crippen MR) is 106 cm³/mol. The summed E-state index contributed by atoms with van der Waals surface area (Å²) in [4.78, 5) is 41.5. The molecule has 0 aromatic heterocycles. The minimum atomic E-state index is -1.43. The number of imide groups is 1. The van der Waals surface area contributed by atoms with Crippen molar-refractivity contribution in [3.8, 4) is 5.75 Å². The average Bonchev–Trinajstić information content (AvgIpc) is 3.15. The van der Waals surface area contributed by atoms with Gasteiger partial charge in [0.05, 0.1) is 13.2 Å². The number of fused-ring (bicyclic) bond motifs is 1. The van der Waals surface area contributed by atoms with Crippen LogP contribution in [0.25, 0.3) is 0 Å². The number of hydrogen-bond acceptors (Lipinski definition) is 4. The molecule has 2 aliphatic heterocycles. The number of hydrogen-bond donors (Lipinski definition) is 1. The molecule has 0 radical (unpaired) electrons. The molecule has 2 aromatic rings. The molecule has 1 saturated heterocycles. The van der Waals surface area contributed by atoms with Crippen molar-refractivity contribution >= 4 is 17.8 Å². The zero-order valence-corrected chi connectivity index (χ0v) is 16.8.